The molecule has 3 unspecified atom stereocenters. The van der Waals surface area contributed by atoms with Gasteiger partial charge in [0.15, 0.2) is 11.6 Å². The molecule has 12 heteroatoms. The Hall–Kier alpha value is -3.67. The largest absolute Gasteiger partial charge is 0.388 e. The minimum Gasteiger partial charge on any atom is -0.388 e. The van der Waals surface area contributed by atoms with E-state index in [0.717, 1.165) is 18.2 Å². The molecule has 0 amide bonds. The van der Waals surface area contributed by atoms with E-state index in [4.69, 9.17) is 0 Å². The van der Waals surface area contributed by atoms with Crippen LogP contribution in [-0.2, 0) is 4.79 Å². The average molecular weight is 476 g/mol. The van der Waals surface area contributed by atoms with Crippen LogP contribution in [0.2, 0.25) is 0 Å². The third-order valence-corrected chi connectivity index (χ3v) is 6.73. The summed E-state index contributed by atoms with van der Waals surface area (Å²) in [5, 5.41) is 33.4. The van der Waals surface area contributed by atoms with Gasteiger partial charge >= 0.3 is 0 Å². The van der Waals surface area contributed by atoms with E-state index in [1.807, 2.05) is 0 Å². The lowest BCUT2D eigenvalue weighted by molar-refractivity contribution is -0.385. The Kier molecular flexibility index (Phi) is 6.17. The lowest BCUT2D eigenvalue weighted by atomic mass is 9.84. The molecule has 3 atom stereocenters. The zero-order valence-corrected chi connectivity index (χ0v) is 18.0. The first-order chi connectivity index (χ1) is 16.2. The molecule has 34 heavy (non-hydrogen) atoms. The number of aldehydes is 1. The van der Waals surface area contributed by atoms with Crippen LogP contribution in [0, 0.1) is 31.9 Å². The maximum atomic E-state index is 14.8. The number of rotatable bonds is 7. The summed E-state index contributed by atoms with van der Waals surface area (Å²) >= 11 is 0. The third kappa shape index (κ3) is 3.83. The second-order valence-electron chi connectivity index (χ2n) is 8.50. The Balaban J connectivity index is 1.68. The number of carbonyl (C=O) groups excluding carboxylic acids is 1. The van der Waals surface area contributed by atoms with Crippen molar-refractivity contribution in [2.75, 3.05) is 22.9 Å². The minimum absolute atomic E-state index is 0.0414. The molecule has 2 aliphatic heterocycles. The van der Waals surface area contributed by atoms with Crippen LogP contribution < -0.4 is 9.80 Å². The molecule has 180 valence electrons. The highest BCUT2D eigenvalue weighted by atomic mass is 19.1. The smallest absolute Gasteiger partial charge is 0.272 e. The number of nitro benzene ring substituents is 2. The quantitative estimate of drug-likeness (QED) is 0.366. The monoisotopic (exact) mass is 476 g/mol. The van der Waals surface area contributed by atoms with Crippen LogP contribution in [-0.4, -0.2) is 52.0 Å². The predicted octanol–water partition coefficient (Wildman–Crippen LogP) is 3.35. The predicted molar refractivity (Wildman–Crippen MR) is 118 cm³/mol. The van der Waals surface area contributed by atoms with Crippen molar-refractivity contribution in [1.29, 1.82) is 0 Å². The molecule has 2 aromatic rings. The summed E-state index contributed by atoms with van der Waals surface area (Å²) in [6, 6.07) is 5.66. The highest BCUT2D eigenvalue weighted by Crippen LogP contribution is 2.42. The van der Waals surface area contributed by atoms with Gasteiger partial charge in [-0.15, -0.1) is 0 Å². The van der Waals surface area contributed by atoms with Crippen LogP contribution >= 0.6 is 0 Å². The van der Waals surface area contributed by atoms with Gasteiger partial charge in [0.2, 0.25) is 0 Å². The Morgan fingerprint density at radius 2 is 1.59 bits per heavy atom. The normalized spacial score (nSPS) is 23.2. The number of hydrogen-bond donors (Lipinski definition) is 1. The van der Waals surface area contributed by atoms with Crippen molar-refractivity contribution in [2.45, 2.75) is 43.4 Å². The second kappa shape index (κ2) is 8.93. The number of hydrogen-bond acceptors (Lipinski definition) is 8. The van der Waals surface area contributed by atoms with Gasteiger partial charge in [-0.3, -0.25) is 20.2 Å². The van der Waals surface area contributed by atoms with Crippen LogP contribution in [0.3, 0.4) is 0 Å². The van der Waals surface area contributed by atoms with Crippen LogP contribution in [0.4, 0.5) is 31.5 Å². The highest BCUT2D eigenvalue weighted by Gasteiger charge is 2.52. The SMILES string of the molecule is O=CC1(C(O)C2CCCN2c2ccc([N+](=O)[O-])cc2F)CCCN1c1ccc([N+](=O)[O-])cc1F. The maximum absolute atomic E-state index is 14.8. The first-order valence-corrected chi connectivity index (χ1v) is 10.8. The lowest BCUT2D eigenvalue weighted by Gasteiger charge is -2.44. The molecule has 0 aromatic heterocycles. The number of benzene rings is 2. The van der Waals surface area contributed by atoms with Crippen molar-refractivity contribution < 1.29 is 28.5 Å². The van der Waals surface area contributed by atoms with E-state index in [1.165, 1.54) is 23.1 Å². The first-order valence-electron chi connectivity index (χ1n) is 10.8. The van der Waals surface area contributed by atoms with Gasteiger partial charge in [0.05, 0.1) is 39.4 Å². The molecule has 2 aliphatic rings. The summed E-state index contributed by atoms with van der Waals surface area (Å²) in [5.74, 6) is -1.71. The Bertz CT molecular complexity index is 1150. The van der Waals surface area contributed by atoms with Crippen molar-refractivity contribution in [2.24, 2.45) is 0 Å². The topological polar surface area (TPSA) is 130 Å². The van der Waals surface area contributed by atoms with Gasteiger partial charge in [0, 0.05) is 25.2 Å². The van der Waals surface area contributed by atoms with Gasteiger partial charge in [0.25, 0.3) is 11.4 Å². The maximum Gasteiger partial charge on any atom is 0.272 e. The average Bonchev–Trinajstić information content (AvgIpc) is 3.46. The molecular formula is C22H22F2N4O6. The Labute approximate surface area is 192 Å². The molecule has 0 aliphatic carbocycles. The number of non-ortho nitro benzene ring substituents is 2. The van der Waals surface area contributed by atoms with E-state index >= 15 is 0 Å². The summed E-state index contributed by atoms with van der Waals surface area (Å²) < 4.78 is 29.6. The molecule has 1 N–H and O–H groups in total. The molecular weight excluding hydrogens is 454 g/mol. The van der Waals surface area contributed by atoms with Gasteiger partial charge < -0.3 is 19.7 Å². The van der Waals surface area contributed by atoms with Gasteiger partial charge in [-0.2, -0.15) is 0 Å². The number of aliphatic hydroxyl groups is 1. The van der Waals surface area contributed by atoms with Crippen LogP contribution in [0.1, 0.15) is 25.7 Å². The summed E-state index contributed by atoms with van der Waals surface area (Å²) in [7, 11) is 0. The fourth-order valence-electron chi connectivity index (χ4n) is 5.13. The van der Waals surface area contributed by atoms with Crippen molar-refractivity contribution in [3.05, 3.63) is 68.3 Å². The molecule has 2 saturated heterocycles. The molecule has 2 fully saturated rings. The summed E-state index contributed by atoms with van der Waals surface area (Å²) in [6.45, 7) is 0.598. The van der Waals surface area contributed by atoms with Gasteiger partial charge in [-0.05, 0) is 37.8 Å². The molecule has 10 nitrogen and oxygen atoms in total. The van der Waals surface area contributed by atoms with Crippen molar-refractivity contribution >= 4 is 29.0 Å². The molecule has 0 radical (unpaired) electrons. The van der Waals surface area contributed by atoms with Gasteiger partial charge in [-0.1, -0.05) is 0 Å². The van der Waals surface area contributed by atoms with E-state index in [2.05, 4.69) is 0 Å². The van der Waals surface area contributed by atoms with Crippen LogP contribution in [0.15, 0.2) is 36.4 Å². The van der Waals surface area contributed by atoms with Crippen molar-refractivity contribution in [3.63, 3.8) is 0 Å². The molecule has 2 heterocycles. The summed E-state index contributed by atoms with van der Waals surface area (Å²) in [4.78, 5) is 35.9. The van der Waals surface area contributed by atoms with Crippen molar-refractivity contribution in [3.8, 4) is 0 Å². The molecule has 0 spiro atoms. The van der Waals surface area contributed by atoms with E-state index in [1.54, 1.807) is 4.90 Å². The van der Waals surface area contributed by atoms with E-state index in [-0.39, 0.29) is 24.3 Å². The van der Waals surface area contributed by atoms with Gasteiger partial charge in [0.1, 0.15) is 17.9 Å². The number of aliphatic hydroxyl groups excluding tert-OH is 1. The van der Waals surface area contributed by atoms with E-state index in [0.29, 0.717) is 32.1 Å². The van der Waals surface area contributed by atoms with E-state index < -0.39 is 50.5 Å². The fourth-order valence-corrected chi connectivity index (χ4v) is 5.13. The second-order valence-corrected chi connectivity index (χ2v) is 8.50. The Morgan fingerprint density at radius 3 is 2.12 bits per heavy atom. The lowest BCUT2D eigenvalue weighted by Crippen LogP contribution is -2.61. The van der Waals surface area contributed by atoms with Crippen LogP contribution in [0.25, 0.3) is 0 Å². The van der Waals surface area contributed by atoms with Crippen LogP contribution in [0.5, 0.6) is 0 Å². The fraction of sp³-hybridized carbons (Fsp3) is 0.409. The molecule has 4 rings (SSSR count). The number of nitro groups is 2. The van der Waals surface area contributed by atoms with Gasteiger partial charge in [-0.25, -0.2) is 8.78 Å². The number of anilines is 2. The summed E-state index contributed by atoms with van der Waals surface area (Å²) in [5.41, 5.74) is -2.34. The first kappa shape index (κ1) is 23.5. The number of carbonyl (C=O) groups is 1. The Morgan fingerprint density at radius 1 is 1.00 bits per heavy atom. The van der Waals surface area contributed by atoms with E-state index in [9.17, 15) is 38.9 Å². The van der Waals surface area contributed by atoms with Crippen molar-refractivity contribution in [1.82, 2.24) is 0 Å². The number of halogens is 2. The molecule has 0 bridgehead atoms. The molecule has 0 saturated carbocycles. The molecule has 2 aromatic carbocycles. The third-order valence-electron chi connectivity index (χ3n) is 6.73. The number of nitrogens with zero attached hydrogens (tertiary/aromatic N) is 4. The zero-order chi connectivity index (χ0) is 24.6. The summed E-state index contributed by atoms with van der Waals surface area (Å²) in [6.07, 6.45) is 0.891. The highest BCUT2D eigenvalue weighted by molar-refractivity contribution is 5.76. The zero-order valence-electron chi connectivity index (χ0n) is 18.0. The minimum atomic E-state index is -1.53. The standard InChI is InChI=1S/C22H22F2N4O6/c23-16-11-14(27(31)32)4-6-18(16)25-9-1-3-20(25)21(30)22(13-29)8-2-10-26(22)19-7-5-15(28(33)34)12-17(19)24/h4-7,11-13,20-21,30H,1-3,8-10H2.